The quantitative estimate of drug-likeness (QED) is 0.632. The number of fused-ring (bicyclic) bond motifs is 1. The lowest BCUT2D eigenvalue weighted by Crippen LogP contribution is -3.06. The molecule has 28 heavy (non-hydrogen) atoms. The lowest BCUT2D eigenvalue weighted by atomic mass is 10.1. The largest absolute Gasteiger partial charge is 0.328 e. The molecule has 0 radical (unpaired) electrons. The van der Waals surface area contributed by atoms with Gasteiger partial charge in [-0.25, -0.2) is 13.4 Å². The van der Waals surface area contributed by atoms with Gasteiger partial charge in [0.2, 0.25) is 0 Å². The minimum atomic E-state index is -2.95. The Labute approximate surface area is 167 Å². The van der Waals surface area contributed by atoms with Crippen LogP contribution in [0.5, 0.6) is 0 Å². The van der Waals surface area contributed by atoms with Crippen molar-refractivity contribution >= 4 is 26.1 Å². The van der Waals surface area contributed by atoms with E-state index < -0.39 is 9.84 Å². The second kappa shape index (κ2) is 7.09. The standard InChI is InChI=1S/C18H23N5O3S2/c1-12-16(13(2)23(20-12)15-4-7-28(25,26)11-15)10-21(3)9-14-8-17(24)22-5-6-27-18(22)19-14/h5-6,8,15H,4,7,9-11H2,1-3H3/p+1/t15-/m1/s1. The van der Waals surface area contributed by atoms with Crippen LogP contribution in [0, 0.1) is 13.8 Å². The Morgan fingerprint density at radius 2 is 2.11 bits per heavy atom. The lowest BCUT2D eigenvalue weighted by Gasteiger charge is -2.15. The van der Waals surface area contributed by atoms with E-state index >= 15 is 0 Å². The Morgan fingerprint density at radius 1 is 1.32 bits per heavy atom. The third kappa shape index (κ3) is 3.63. The molecule has 0 spiro atoms. The Kier molecular flexibility index (Phi) is 4.88. The lowest BCUT2D eigenvalue weighted by molar-refractivity contribution is -0.908. The summed E-state index contributed by atoms with van der Waals surface area (Å²) in [5.41, 5.74) is 3.81. The van der Waals surface area contributed by atoms with Gasteiger partial charge in [-0.3, -0.25) is 13.9 Å². The summed E-state index contributed by atoms with van der Waals surface area (Å²) in [4.78, 5) is 18.6. The molecule has 4 rings (SSSR count). The fourth-order valence-corrected chi connectivity index (χ4v) is 6.36. The van der Waals surface area contributed by atoms with E-state index in [4.69, 9.17) is 0 Å². The number of aryl methyl sites for hydroxylation is 1. The number of sulfone groups is 1. The molecular formula is C18H24N5O3S2+. The van der Waals surface area contributed by atoms with E-state index in [1.165, 1.54) is 16.2 Å². The molecular weight excluding hydrogens is 398 g/mol. The van der Waals surface area contributed by atoms with E-state index in [1.54, 1.807) is 16.7 Å². The highest BCUT2D eigenvalue weighted by Crippen LogP contribution is 2.26. The van der Waals surface area contributed by atoms with E-state index in [0.29, 0.717) is 17.9 Å². The number of aromatic nitrogens is 4. The molecule has 4 heterocycles. The van der Waals surface area contributed by atoms with Crippen molar-refractivity contribution in [1.29, 1.82) is 0 Å². The van der Waals surface area contributed by atoms with Crippen molar-refractivity contribution in [2.24, 2.45) is 0 Å². The molecule has 10 heteroatoms. The number of hydrogen-bond donors (Lipinski definition) is 1. The summed E-state index contributed by atoms with van der Waals surface area (Å²) in [6, 6.07) is 1.52. The Hall–Kier alpha value is -2.04. The van der Waals surface area contributed by atoms with Gasteiger partial charge in [0.15, 0.2) is 14.8 Å². The molecule has 0 aromatic carbocycles. The molecule has 2 atom stereocenters. The van der Waals surface area contributed by atoms with E-state index in [-0.39, 0.29) is 23.1 Å². The molecule has 150 valence electrons. The molecule has 3 aromatic rings. The summed E-state index contributed by atoms with van der Waals surface area (Å²) in [5.74, 6) is 0.411. The van der Waals surface area contributed by atoms with Gasteiger partial charge in [0.05, 0.1) is 35.9 Å². The summed E-state index contributed by atoms with van der Waals surface area (Å²) in [6.45, 7) is 5.35. The molecule has 1 aliphatic rings. The van der Waals surface area contributed by atoms with Crippen LogP contribution in [0.2, 0.25) is 0 Å². The van der Waals surface area contributed by atoms with Gasteiger partial charge in [-0.05, 0) is 20.3 Å². The van der Waals surface area contributed by atoms with Crippen molar-refractivity contribution in [2.45, 2.75) is 39.4 Å². The van der Waals surface area contributed by atoms with Gasteiger partial charge < -0.3 is 4.90 Å². The molecule has 1 saturated heterocycles. The van der Waals surface area contributed by atoms with Gasteiger partial charge in [-0.15, -0.1) is 11.3 Å². The number of quaternary nitrogens is 1. The van der Waals surface area contributed by atoms with Crippen molar-refractivity contribution < 1.29 is 13.3 Å². The Balaban J connectivity index is 1.52. The van der Waals surface area contributed by atoms with Crippen LogP contribution in [-0.4, -0.2) is 46.1 Å². The van der Waals surface area contributed by atoms with E-state index in [9.17, 15) is 13.2 Å². The molecule has 1 N–H and O–H groups in total. The first-order chi connectivity index (χ1) is 13.2. The summed E-state index contributed by atoms with van der Waals surface area (Å²) in [6.07, 6.45) is 2.36. The van der Waals surface area contributed by atoms with Crippen molar-refractivity contribution in [3.8, 4) is 0 Å². The molecule has 1 aliphatic heterocycles. The predicted molar refractivity (Wildman–Crippen MR) is 108 cm³/mol. The molecule has 1 unspecified atom stereocenters. The second-order valence-electron chi connectivity index (χ2n) is 7.60. The number of nitrogens with zero attached hydrogens (tertiary/aromatic N) is 4. The zero-order chi connectivity index (χ0) is 20.1. The van der Waals surface area contributed by atoms with E-state index in [1.807, 2.05) is 23.9 Å². The van der Waals surface area contributed by atoms with Crippen LogP contribution in [0.1, 0.15) is 35.1 Å². The van der Waals surface area contributed by atoms with Crippen molar-refractivity contribution in [1.82, 2.24) is 19.2 Å². The van der Waals surface area contributed by atoms with Crippen molar-refractivity contribution in [3.05, 3.63) is 50.6 Å². The van der Waals surface area contributed by atoms with Crippen LogP contribution in [0.4, 0.5) is 0 Å². The minimum Gasteiger partial charge on any atom is -0.328 e. The predicted octanol–water partition coefficient (Wildman–Crippen LogP) is 0.144. The maximum absolute atomic E-state index is 12.2. The fourth-order valence-electron chi connectivity index (χ4n) is 3.93. The number of nitrogens with one attached hydrogen (secondary N) is 1. The fraction of sp³-hybridized carbons (Fsp3) is 0.500. The molecule has 3 aromatic heterocycles. The number of rotatable bonds is 5. The van der Waals surface area contributed by atoms with Crippen LogP contribution < -0.4 is 10.5 Å². The van der Waals surface area contributed by atoms with Crippen LogP contribution in [0.15, 0.2) is 22.4 Å². The summed E-state index contributed by atoms with van der Waals surface area (Å²) >= 11 is 1.45. The maximum atomic E-state index is 12.2. The van der Waals surface area contributed by atoms with E-state index in [2.05, 4.69) is 17.1 Å². The molecule has 0 amide bonds. The first-order valence-corrected chi connectivity index (χ1v) is 12.0. The highest BCUT2D eigenvalue weighted by Gasteiger charge is 2.31. The van der Waals surface area contributed by atoms with Crippen molar-refractivity contribution in [2.75, 3.05) is 18.6 Å². The molecule has 0 saturated carbocycles. The highest BCUT2D eigenvalue weighted by molar-refractivity contribution is 7.91. The van der Waals surface area contributed by atoms with Crippen LogP contribution in [0.25, 0.3) is 4.96 Å². The highest BCUT2D eigenvalue weighted by atomic mass is 32.2. The maximum Gasteiger partial charge on any atom is 0.258 e. The Bertz CT molecular complexity index is 1190. The van der Waals surface area contributed by atoms with Crippen LogP contribution in [-0.2, 0) is 22.9 Å². The summed E-state index contributed by atoms with van der Waals surface area (Å²) < 4.78 is 27.1. The van der Waals surface area contributed by atoms with Gasteiger partial charge in [0.1, 0.15) is 18.8 Å². The second-order valence-corrected chi connectivity index (χ2v) is 10.7. The smallest absolute Gasteiger partial charge is 0.258 e. The number of thiazole rings is 1. The number of hydrogen-bond acceptors (Lipinski definition) is 6. The minimum absolute atomic E-state index is 0.0586. The van der Waals surface area contributed by atoms with Gasteiger partial charge in [-0.1, -0.05) is 0 Å². The first kappa shape index (κ1) is 19.3. The Morgan fingerprint density at radius 3 is 2.82 bits per heavy atom. The van der Waals surface area contributed by atoms with Crippen LogP contribution >= 0.6 is 11.3 Å². The molecule has 0 bridgehead atoms. The van der Waals surface area contributed by atoms with Crippen molar-refractivity contribution in [3.63, 3.8) is 0 Å². The normalized spacial score (nSPS) is 20.0. The average molecular weight is 423 g/mol. The third-order valence-corrected chi connectivity index (χ3v) is 7.85. The first-order valence-electron chi connectivity index (χ1n) is 9.25. The molecule has 0 aliphatic carbocycles. The SMILES string of the molecule is Cc1nn([C@@H]2CCS(=O)(=O)C2)c(C)c1C[NH+](C)Cc1cc(=O)n2ccsc2n1. The topological polar surface area (TPSA) is 90.8 Å². The van der Waals surface area contributed by atoms with Gasteiger partial charge in [-0.2, -0.15) is 5.10 Å². The average Bonchev–Trinajstić information content (AvgIpc) is 3.29. The summed E-state index contributed by atoms with van der Waals surface area (Å²) in [5, 5.41) is 6.49. The van der Waals surface area contributed by atoms with Gasteiger partial charge in [0, 0.05) is 23.3 Å². The van der Waals surface area contributed by atoms with Gasteiger partial charge in [0.25, 0.3) is 5.56 Å². The van der Waals surface area contributed by atoms with E-state index in [0.717, 1.165) is 29.2 Å². The zero-order valence-corrected chi connectivity index (χ0v) is 17.8. The van der Waals surface area contributed by atoms with Gasteiger partial charge >= 0.3 is 0 Å². The zero-order valence-electron chi connectivity index (χ0n) is 16.2. The third-order valence-electron chi connectivity index (χ3n) is 5.35. The summed E-state index contributed by atoms with van der Waals surface area (Å²) in [7, 11) is -0.886. The molecule has 1 fully saturated rings. The monoisotopic (exact) mass is 422 g/mol. The molecule has 8 nitrogen and oxygen atoms in total. The van der Waals surface area contributed by atoms with Crippen LogP contribution in [0.3, 0.4) is 0 Å².